The second-order valence-corrected chi connectivity index (χ2v) is 12.9. The number of allylic oxidation sites excluding steroid dienone is 2. The minimum absolute atomic E-state index is 0.0364. The first-order chi connectivity index (χ1) is 20.2. The van der Waals surface area contributed by atoms with Crippen LogP contribution in [0.4, 0.5) is 0 Å². The molecule has 0 unspecified atom stereocenters. The number of carbonyl (C=O) groups excluding carboxylic acids is 4. The van der Waals surface area contributed by atoms with Crippen LogP contribution in [0.2, 0.25) is 0 Å². The molecule has 4 aliphatic rings. The number of hydrogen-bond acceptors (Lipinski definition) is 9. The smallest absolute Gasteiger partial charge is 0.338 e. The summed E-state index contributed by atoms with van der Waals surface area (Å²) in [5, 5.41) is 24.6. The average Bonchev–Trinajstić information content (AvgIpc) is 3.52. The van der Waals surface area contributed by atoms with Gasteiger partial charge in [0.15, 0.2) is 17.5 Å². The third-order valence-corrected chi connectivity index (χ3v) is 10.5. The van der Waals surface area contributed by atoms with Gasteiger partial charge in [0.1, 0.15) is 12.7 Å². The lowest BCUT2D eigenvalue weighted by Gasteiger charge is -2.48. The standard InChI is InChI=1S/C34H40O9/c1-7-18(2)30(38)43-29-19(3)15-33-20(4)13-25-26(32(25,6)17-42-31(39)22-11-9-8-10-12-22)24(28(33)37)14-23(16-41-21(5)35)27(36)34(29,33)40/h7-12,14-15,20,24-27,29,36,40H,13,16-17H2,1-6H3/t20-,24+,25-,26+,27-,29+,32-,33+,34+/m1/s1. The number of ketones is 1. The van der Waals surface area contributed by atoms with Crippen LogP contribution in [0.25, 0.3) is 0 Å². The van der Waals surface area contributed by atoms with E-state index in [-0.39, 0.29) is 36.4 Å². The quantitative estimate of drug-likeness (QED) is 0.210. The van der Waals surface area contributed by atoms with E-state index in [2.05, 4.69) is 0 Å². The summed E-state index contributed by atoms with van der Waals surface area (Å²) in [6, 6.07) is 8.69. The molecule has 43 heavy (non-hydrogen) atoms. The highest BCUT2D eigenvalue weighted by atomic mass is 16.6. The molecule has 5 rings (SSSR count). The van der Waals surface area contributed by atoms with Crippen molar-refractivity contribution < 1.29 is 43.6 Å². The van der Waals surface area contributed by atoms with Crippen molar-refractivity contribution in [1.29, 1.82) is 0 Å². The zero-order valence-corrected chi connectivity index (χ0v) is 25.5. The number of hydrogen-bond donors (Lipinski definition) is 2. The van der Waals surface area contributed by atoms with E-state index in [0.717, 1.165) is 0 Å². The van der Waals surface area contributed by atoms with Gasteiger partial charge < -0.3 is 24.4 Å². The van der Waals surface area contributed by atoms with E-state index in [1.807, 2.05) is 19.9 Å². The number of aliphatic hydroxyl groups excluding tert-OH is 1. The molecule has 0 saturated heterocycles. The molecular weight excluding hydrogens is 552 g/mol. The van der Waals surface area contributed by atoms with Gasteiger partial charge in [0.2, 0.25) is 0 Å². The molecule has 2 fully saturated rings. The van der Waals surface area contributed by atoms with Crippen molar-refractivity contribution in [2.75, 3.05) is 13.2 Å². The SMILES string of the molecule is CC=C(C)C(=O)O[C@H]1C(C)=C[C@]23C(=O)[C@@H](C=C(COC(C)=O)[C@@H](O)[C@]12O)[C@H]1[C@@H](C[C@H]3C)[C@@]1(C)COC(=O)c1ccccc1. The van der Waals surface area contributed by atoms with Crippen LogP contribution in [-0.2, 0) is 28.6 Å². The van der Waals surface area contributed by atoms with Crippen LogP contribution in [0.5, 0.6) is 0 Å². The molecule has 1 spiro atoms. The lowest BCUT2D eigenvalue weighted by molar-refractivity contribution is -0.202. The molecule has 1 aromatic carbocycles. The fourth-order valence-corrected chi connectivity index (χ4v) is 7.99. The summed E-state index contributed by atoms with van der Waals surface area (Å²) < 4.78 is 16.9. The Morgan fingerprint density at radius 1 is 1.12 bits per heavy atom. The predicted molar refractivity (Wildman–Crippen MR) is 155 cm³/mol. The van der Waals surface area contributed by atoms with E-state index < -0.39 is 58.4 Å². The van der Waals surface area contributed by atoms with Gasteiger partial charge in [-0.15, -0.1) is 0 Å². The van der Waals surface area contributed by atoms with Gasteiger partial charge >= 0.3 is 17.9 Å². The molecule has 0 heterocycles. The summed E-state index contributed by atoms with van der Waals surface area (Å²) in [5.74, 6) is -3.57. The van der Waals surface area contributed by atoms with E-state index >= 15 is 0 Å². The molecule has 9 heteroatoms. The molecule has 230 valence electrons. The van der Waals surface area contributed by atoms with E-state index in [9.17, 15) is 29.4 Å². The first-order valence-electron chi connectivity index (χ1n) is 14.8. The van der Waals surface area contributed by atoms with Crippen molar-refractivity contribution in [2.24, 2.45) is 34.5 Å². The minimum atomic E-state index is -2.25. The third kappa shape index (κ3) is 4.59. The molecule has 9 nitrogen and oxygen atoms in total. The topological polar surface area (TPSA) is 136 Å². The third-order valence-electron chi connectivity index (χ3n) is 10.5. The van der Waals surface area contributed by atoms with Crippen LogP contribution in [0.3, 0.4) is 0 Å². The molecule has 1 aromatic rings. The zero-order valence-electron chi connectivity index (χ0n) is 25.5. The number of aliphatic hydroxyl groups is 2. The minimum Gasteiger partial charge on any atom is -0.461 e. The van der Waals surface area contributed by atoms with Gasteiger partial charge in [-0.2, -0.15) is 0 Å². The van der Waals surface area contributed by atoms with Crippen molar-refractivity contribution >= 4 is 23.7 Å². The summed E-state index contributed by atoms with van der Waals surface area (Å²) >= 11 is 0. The van der Waals surface area contributed by atoms with Crippen molar-refractivity contribution in [3.8, 4) is 0 Å². The van der Waals surface area contributed by atoms with Gasteiger partial charge in [-0.25, -0.2) is 9.59 Å². The monoisotopic (exact) mass is 592 g/mol. The Kier molecular flexibility index (Phi) is 7.80. The largest absolute Gasteiger partial charge is 0.461 e. The zero-order chi connectivity index (χ0) is 31.5. The Hall–Kier alpha value is -3.56. The lowest BCUT2D eigenvalue weighted by atomic mass is 9.59. The summed E-state index contributed by atoms with van der Waals surface area (Å²) in [5.41, 5.74) is -3.00. The highest BCUT2D eigenvalue weighted by Crippen LogP contribution is 2.72. The normalized spacial score (nSPS) is 38.0. The Morgan fingerprint density at radius 3 is 2.42 bits per heavy atom. The fourth-order valence-electron chi connectivity index (χ4n) is 7.99. The van der Waals surface area contributed by atoms with Crippen LogP contribution >= 0.6 is 0 Å². The van der Waals surface area contributed by atoms with E-state index in [1.165, 1.54) is 6.92 Å². The molecule has 9 atom stereocenters. The van der Waals surface area contributed by atoms with Crippen LogP contribution in [0, 0.1) is 34.5 Å². The van der Waals surface area contributed by atoms with E-state index in [1.54, 1.807) is 63.3 Å². The van der Waals surface area contributed by atoms with Crippen LogP contribution < -0.4 is 0 Å². The average molecular weight is 593 g/mol. The van der Waals surface area contributed by atoms with Gasteiger partial charge in [-0.3, -0.25) is 9.59 Å². The van der Waals surface area contributed by atoms with Gasteiger partial charge in [-0.1, -0.05) is 50.3 Å². The number of esters is 3. The van der Waals surface area contributed by atoms with Crippen molar-refractivity contribution in [3.05, 3.63) is 70.8 Å². The van der Waals surface area contributed by atoms with Crippen molar-refractivity contribution in [2.45, 2.75) is 65.8 Å². The number of carbonyl (C=O) groups is 4. The molecule has 2 N–H and O–H groups in total. The Labute approximate surface area is 251 Å². The Bertz CT molecular complexity index is 1440. The summed E-state index contributed by atoms with van der Waals surface area (Å²) in [6.45, 7) is 9.79. The highest BCUT2D eigenvalue weighted by molar-refractivity contribution is 5.96. The van der Waals surface area contributed by atoms with Gasteiger partial charge in [-0.05, 0) is 68.2 Å². The van der Waals surface area contributed by atoms with Crippen LogP contribution in [-0.4, -0.2) is 64.9 Å². The number of ether oxygens (including phenoxy) is 3. The summed E-state index contributed by atoms with van der Waals surface area (Å²) in [4.78, 5) is 52.3. The van der Waals surface area contributed by atoms with Crippen molar-refractivity contribution in [3.63, 3.8) is 0 Å². The number of rotatable bonds is 7. The molecule has 4 aliphatic carbocycles. The number of Topliss-reactive ketones (excluding diaryl/α,β-unsaturated/α-hetero) is 1. The maximum absolute atomic E-state index is 14.8. The molecular formula is C34H40O9. The molecule has 0 aliphatic heterocycles. The van der Waals surface area contributed by atoms with Crippen molar-refractivity contribution in [1.82, 2.24) is 0 Å². The fraction of sp³-hybridized carbons (Fsp3) is 0.529. The first-order valence-corrected chi connectivity index (χ1v) is 14.8. The van der Waals surface area contributed by atoms with E-state index in [4.69, 9.17) is 14.2 Å². The number of benzene rings is 1. The van der Waals surface area contributed by atoms with Gasteiger partial charge in [0.05, 0.1) is 17.6 Å². The molecule has 2 bridgehead atoms. The Balaban J connectivity index is 1.56. The molecule has 0 radical (unpaired) electrons. The van der Waals surface area contributed by atoms with Crippen LogP contribution in [0.15, 0.2) is 65.3 Å². The summed E-state index contributed by atoms with van der Waals surface area (Å²) in [6.07, 6.45) is 2.39. The Morgan fingerprint density at radius 2 is 1.79 bits per heavy atom. The maximum atomic E-state index is 14.8. The maximum Gasteiger partial charge on any atom is 0.338 e. The predicted octanol–water partition coefficient (Wildman–Crippen LogP) is 3.74. The van der Waals surface area contributed by atoms with Gasteiger partial charge in [0.25, 0.3) is 0 Å². The molecule has 0 aromatic heterocycles. The second-order valence-electron chi connectivity index (χ2n) is 12.9. The van der Waals surface area contributed by atoms with E-state index in [0.29, 0.717) is 23.1 Å². The van der Waals surface area contributed by atoms with Gasteiger partial charge in [0, 0.05) is 23.8 Å². The number of fused-ring (bicyclic) bond motifs is 3. The molecule has 0 amide bonds. The second kappa shape index (κ2) is 10.9. The first kappa shape index (κ1) is 30.9. The summed E-state index contributed by atoms with van der Waals surface area (Å²) in [7, 11) is 0. The van der Waals surface area contributed by atoms with Crippen LogP contribution in [0.1, 0.15) is 58.3 Å². The lowest BCUT2D eigenvalue weighted by Crippen LogP contribution is -2.66. The molecule has 2 saturated carbocycles. The highest BCUT2D eigenvalue weighted by Gasteiger charge is 2.77.